The molecule has 3 aromatic carbocycles. The smallest absolute Gasteiger partial charge is 0.164 e. The lowest BCUT2D eigenvalue weighted by molar-refractivity contribution is 0.661. The molecule has 1 aliphatic carbocycles. The van der Waals surface area contributed by atoms with E-state index in [1.54, 1.807) is 23.5 Å². The molecule has 0 unspecified atom stereocenters. The van der Waals surface area contributed by atoms with Crippen molar-refractivity contribution in [3.05, 3.63) is 198 Å². The van der Waals surface area contributed by atoms with Crippen LogP contribution in [0.15, 0.2) is 147 Å². The van der Waals surface area contributed by atoms with Crippen molar-refractivity contribution in [1.29, 1.82) is 0 Å². The summed E-state index contributed by atoms with van der Waals surface area (Å²) < 4.78 is 3.51. The Kier molecular flexibility index (Phi) is 12.2. The Labute approximate surface area is 359 Å². The van der Waals surface area contributed by atoms with Crippen LogP contribution in [0.3, 0.4) is 0 Å². The molecule has 0 amide bonds. The Morgan fingerprint density at radius 1 is 0.850 bits per heavy atom. The normalized spacial score (nSPS) is 14.0. The number of thiazole rings is 1. The largest absolute Gasteiger partial charge is 0.313 e. The number of hydrogen-bond acceptors (Lipinski definition) is 5. The van der Waals surface area contributed by atoms with E-state index in [0.717, 1.165) is 68.8 Å². The number of benzene rings is 3. The molecule has 296 valence electrons. The SMILES string of the molecule is C=C/C=C\C(=C/C)c1nc(C(/C=C\C)=C/C=C)nc(-c2cccc(-n3c(C)c(/C=C(\C=C)c4ccc5c(c4)-c4c(ccc6ncsc46)C5(C)C)c(/C=C\BC)c3C=C)c2)n1. The molecule has 0 spiro atoms. The van der Waals surface area contributed by atoms with Gasteiger partial charge in [-0.3, -0.25) is 0 Å². The van der Waals surface area contributed by atoms with Crippen molar-refractivity contribution in [3.63, 3.8) is 0 Å². The number of aromatic nitrogens is 5. The second-order valence-corrected chi connectivity index (χ2v) is 15.9. The fourth-order valence-corrected chi connectivity index (χ4v) is 9.02. The van der Waals surface area contributed by atoms with Crippen LogP contribution < -0.4 is 0 Å². The molecule has 0 radical (unpaired) electrons. The molecule has 0 aliphatic heterocycles. The molecule has 6 aromatic rings. The topological polar surface area (TPSA) is 56.5 Å². The van der Waals surface area contributed by atoms with Crippen molar-refractivity contribution in [2.75, 3.05) is 0 Å². The van der Waals surface area contributed by atoms with Crippen LogP contribution in [0, 0.1) is 6.92 Å². The Morgan fingerprint density at radius 3 is 2.33 bits per heavy atom. The van der Waals surface area contributed by atoms with Gasteiger partial charge in [-0.2, -0.15) is 0 Å². The predicted molar refractivity (Wildman–Crippen MR) is 263 cm³/mol. The summed E-state index contributed by atoms with van der Waals surface area (Å²) in [6, 6.07) is 19.7. The van der Waals surface area contributed by atoms with E-state index in [0.29, 0.717) is 17.5 Å². The highest BCUT2D eigenvalue weighted by atomic mass is 32.1. The van der Waals surface area contributed by atoms with Gasteiger partial charge in [0, 0.05) is 50.2 Å². The Balaban J connectivity index is 1.39. The molecule has 3 aromatic heterocycles. The molecule has 0 saturated heterocycles. The van der Waals surface area contributed by atoms with E-state index in [1.165, 1.54) is 27.0 Å². The maximum absolute atomic E-state index is 5.02. The number of hydrogen-bond donors (Lipinski definition) is 0. The molecule has 0 fully saturated rings. The highest BCUT2D eigenvalue weighted by molar-refractivity contribution is 7.17. The first-order chi connectivity index (χ1) is 29.1. The molecule has 60 heavy (non-hydrogen) atoms. The van der Waals surface area contributed by atoms with Crippen molar-refractivity contribution in [2.45, 2.75) is 46.9 Å². The summed E-state index contributed by atoms with van der Waals surface area (Å²) in [5.41, 5.74) is 18.0. The molecule has 0 atom stereocenters. The van der Waals surface area contributed by atoms with E-state index in [2.05, 4.69) is 130 Å². The van der Waals surface area contributed by atoms with Crippen molar-refractivity contribution in [3.8, 4) is 28.2 Å². The average Bonchev–Trinajstić information content (AvgIpc) is 3.92. The minimum Gasteiger partial charge on any atom is -0.313 e. The summed E-state index contributed by atoms with van der Waals surface area (Å²) in [7, 11) is 0.898. The van der Waals surface area contributed by atoms with Gasteiger partial charge in [0.1, 0.15) is 7.28 Å². The average molecular weight is 800 g/mol. The molecule has 7 rings (SSSR count). The van der Waals surface area contributed by atoms with Crippen LogP contribution in [0.5, 0.6) is 0 Å². The number of allylic oxidation sites excluding steroid dienone is 12. The molecule has 7 heteroatoms. The molecular formula is C53H50BN5S. The maximum Gasteiger partial charge on any atom is 0.164 e. The molecule has 0 bridgehead atoms. The lowest BCUT2D eigenvalue weighted by Crippen LogP contribution is -2.14. The molecule has 3 heterocycles. The molecular weight excluding hydrogens is 749 g/mol. The van der Waals surface area contributed by atoms with Crippen LogP contribution in [-0.2, 0) is 5.41 Å². The molecule has 1 aliphatic rings. The van der Waals surface area contributed by atoms with Gasteiger partial charge in [0.15, 0.2) is 17.5 Å². The standard InChI is InChI=1S/C53H50BN5S/c1-11-17-21-35(14-4)50-56-51(37(19-12-2)20-13-3)58-52(57-50)39-22-18-23-40(30-39)59-34(7)42(41(28-29-54-10)47(59)16-6)31-36(15-5)38-24-25-44-43(32-38)48-45(53(44,8)9)26-27-46-49(48)60-33-55-46/h11-33,54H,1-2,5-6H2,3-4,7-10H3/b20-13-,21-17-,29-28-,35-14+,36-31+,37-19+. The zero-order valence-corrected chi connectivity index (χ0v) is 36.3. The number of nitrogens with zero attached hydrogens (tertiary/aromatic N) is 5. The van der Waals surface area contributed by atoms with Gasteiger partial charge in [-0.1, -0.05) is 138 Å². The van der Waals surface area contributed by atoms with Crippen molar-refractivity contribution in [1.82, 2.24) is 24.5 Å². The first-order valence-electron chi connectivity index (χ1n) is 20.3. The third-order valence-electron chi connectivity index (χ3n) is 11.1. The first kappa shape index (κ1) is 41.5. The van der Waals surface area contributed by atoms with Gasteiger partial charge in [0.05, 0.1) is 21.4 Å². The third kappa shape index (κ3) is 7.53. The zero-order valence-electron chi connectivity index (χ0n) is 35.5. The van der Waals surface area contributed by atoms with E-state index in [1.807, 2.05) is 74.0 Å². The van der Waals surface area contributed by atoms with Gasteiger partial charge >= 0.3 is 0 Å². The molecule has 0 N–H and O–H groups in total. The van der Waals surface area contributed by atoms with Crippen molar-refractivity contribution in [2.24, 2.45) is 0 Å². The summed E-state index contributed by atoms with van der Waals surface area (Å²) in [5.74, 6) is 3.88. The van der Waals surface area contributed by atoms with E-state index in [9.17, 15) is 0 Å². The van der Waals surface area contributed by atoms with Gasteiger partial charge in [-0.05, 0) is 85.0 Å². The van der Waals surface area contributed by atoms with E-state index in [-0.39, 0.29) is 5.41 Å². The van der Waals surface area contributed by atoms with Gasteiger partial charge in [-0.15, -0.1) is 17.3 Å². The van der Waals surface area contributed by atoms with Crippen LogP contribution in [0.4, 0.5) is 0 Å². The maximum atomic E-state index is 5.02. The summed E-state index contributed by atoms with van der Waals surface area (Å²) in [6.07, 6.45) is 23.6. The van der Waals surface area contributed by atoms with Gasteiger partial charge in [0.2, 0.25) is 0 Å². The van der Waals surface area contributed by atoms with Gasteiger partial charge in [-0.25, -0.2) is 19.9 Å². The lowest BCUT2D eigenvalue weighted by Gasteiger charge is -2.21. The van der Waals surface area contributed by atoms with E-state index in [4.69, 9.17) is 15.0 Å². The first-order valence-corrected chi connectivity index (χ1v) is 21.2. The number of rotatable bonds is 14. The minimum absolute atomic E-state index is 0.113. The highest BCUT2D eigenvalue weighted by Crippen LogP contribution is 2.52. The van der Waals surface area contributed by atoms with Crippen LogP contribution in [0.1, 0.15) is 78.5 Å². The monoisotopic (exact) mass is 799 g/mol. The molecule has 0 saturated carbocycles. The fourth-order valence-electron chi connectivity index (χ4n) is 8.16. The quantitative estimate of drug-likeness (QED) is 0.0813. The van der Waals surface area contributed by atoms with Crippen LogP contribution in [0.2, 0.25) is 6.82 Å². The van der Waals surface area contributed by atoms with Gasteiger partial charge < -0.3 is 4.57 Å². The minimum atomic E-state index is -0.113. The van der Waals surface area contributed by atoms with Crippen LogP contribution in [-0.4, -0.2) is 31.8 Å². The summed E-state index contributed by atoms with van der Waals surface area (Å²) >= 11 is 1.71. The van der Waals surface area contributed by atoms with Gasteiger partial charge in [0.25, 0.3) is 0 Å². The summed E-state index contributed by atoms with van der Waals surface area (Å²) in [5, 5.41) is 0. The number of fused-ring (bicyclic) bond motifs is 5. The second kappa shape index (κ2) is 17.7. The second-order valence-electron chi connectivity index (χ2n) is 15.1. The van der Waals surface area contributed by atoms with Crippen molar-refractivity contribution >= 4 is 63.8 Å². The van der Waals surface area contributed by atoms with Crippen LogP contribution in [0.25, 0.3) is 73.4 Å². The zero-order chi connectivity index (χ0) is 42.6. The Bertz CT molecular complexity index is 2890. The molecule has 5 nitrogen and oxygen atoms in total. The predicted octanol–water partition coefficient (Wildman–Crippen LogP) is 13.7. The van der Waals surface area contributed by atoms with E-state index < -0.39 is 0 Å². The lowest BCUT2D eigenvalue weighted by atomic mass is 9.81. The Morgan fingerprint density at radius 2 is 1.63 bits per heavy atom. The van der Waals surface area contributed by atoms with Crippen molar-refractivity contribution < 1.29 is 0 Å². The highest BCUT2D eigenvalue weighted by Gasteiger charge is 2.37. The summed E-state index contributed by atoms with van der Waals surface area (Å²) in [4.78, 5) is 19.6. The fraction of sp³-hybridized carbons (Fsp3) is 0.132. The van der Waals surface area contributed by atoms with E-state index >= 15 is 0 Å². The Hall–Kier alpha value is -6.70. The third-order valence-corrected chi connectivity index (χ3v) is 12.0. The van der Waals surface area contributed by atoms with Crippen LogP contribution >= 0.6 is 11.3 Å². The summed E-state index contributed by atoms with van der Waals surface area (Å²) in [6.45, 7) is 29.4.